The lowest BCUT2D eigenvalue weighted by Gasteiger charge is -2.09. The number of rotatable bonds is 8. The highest BCUT2D eigenvalue weighted by Crippen LogP contribution is 2.23. The van der Waals surface area contributed by atoms with Crippen LogP contribution in [0.1, 0.15) is 24.5 Å². The van der Waals surface area contributed by atoms with Crippen molar-refractivity contribution in [1.82, 2.24) is 5.32 Å². The molecule has 0 aliphatic carbocycles. The van der Waals surface area contributed by atoms with Gasteiger partial charge in [-0.3, -0.25) is 9.59 Å². The van der Waals surface area contributed by atoms with Gasteiger partial charge < -0.3 is 20.1 Å². The van der Waals surface area contributed by atoms with Crippen LogP contribution in [0, 0.1) is 0 Å². The van der Waals surface area contributed by atoms with Crippen LogP contribution in [-0.4, -0.2) is 26.0 Å². The van der Waals surface area contributed by atoms with E-state index in [0.29, 0.717) is 30.9 Å². The zero-order chi connectivity index (χ0) is 18.9. The Hall–Kier alpha value is -3.02. The van der Waals surface area contributed by atoms with Crippen molar-refractivity contribution in [2.75, 3.05) is 19.5 Å². The van der Waals surface area contributed by atoms with Gasteiger partial charge in [-0.25, -0.2) is 0 Å². The highest BCUT2D eigenvalue weighted by molar-refractivity contribution is 5.88. The molecule has 0 radical (unpaired) electrons. The Kier molecular flexibility index (Phi) is 7.02. The van der Waals surface area contributed by atoms with E-state index < -0.39 is 0 Å². The fourth-order valence-electron chi connectivity index (χ4n) is 2.47. The SMILES string of the molecule is COc1cc(CCC(=O)NCc2ccc(NC(C)=O)cc2)cc(OC)c1. The maximum Gasteiger partial charge on any atom is 0.221 e. The van der Waals surface area contributed by atoms with E-state index in [9.17, 15) is 9.59 Å². The number of aryl methyl sites for hydroxylation is 1. The quantitative estimate of drug-likeness (QED) is 0.762. The second-order valence-electron chi connectivity index (χ2n) is 5.88. The van der Waals surface area contributed by atoms with E-state index in [-0.39, 0.29) is 11.8 Å². The molecule has 0 aromatic heterocycles. The van der Waals surface area contributed by atoms with Crippen molar-refractivity contribution < 1.29 is 19.1 Å². The molecule has 26 heavy (non-hydrogen) atoms. The predicted molar refractivity (Wildman–Crippen MR) is 100 cm³/mol. The third-order valence-electron chi connectivity index (χ3n) is 3.82. The molecule has 138 valence electrons. The van der Waals surface area contributed by atoms with Gasteiger partial charge in [-0.05, 0) is 41.8 Å². The van der Waals surface area contributed by atoms with Gasteiger partial charge in [-0.1, -0.05) is 12.1 Å². The summed E-state index contributed by atoms with van der Waals surface area (Å²) in [5.41, 5.74) is 2.69. The summed E-state index contributed by atoms with van der Waals surface area (Å²) >= 11 is 0. The van der Waals surface area contributed by atoms with Gasteiger partial charge in [0.2, 0.25) is 11.8 Å². The summed E-state index contributed by atoms with van der Waals surface area (Å²) < 4.78 is 10.5. The van der Waals surface area contributed by atoms with Gasteiger partial charge in [0, 0.05) is 31.6 Å². The topological polar surface area (TPSA) is 76.7 Å². The number of carbonyl (C=O) groups excluding carboxylic acids is 2. The maximum absolute atomic E-state index is 12.1. The summed E-state index contributed by atoms with van der Waals surface area (Å²) in [6.45, 7) is 1.91. The lowest BCUT2D eigenvalue weighted by Crippen LogP contribution is -2.23. The number of benzene rings is 2. The van der Waals surface area contributed by atoms with Crippen LogP contribution in [0.2, 0.25) is 0 Å². The number of carbonyl (C=O) groups is 2. The number of anilines is 1. The van der Waals surface area contributed by atoms with Crippen LogP contribution in [0.5, 0.6) is 11.5 Å². The Labute approximate surface area is 153 Å². The molecule has 0 aliphatic heterocycles. The maximum atomic E-state index is 12.1. The molecule has 0 unspecified atom stereocenters. The molecule has 0 spiro atoms. The van der Waals surface area contributed by atoms with Gasteiger partial charge in [0.05, 0.1) is 14.2 Å². The molecule has 6 heteroatoms. The first kappa shape index (κ1) is 19.3. The predicted octanol–water partition coefficient (Wildman–Crippen LogP) is 2.91. The molecule has 2 aromatic carbocycles. The lowest BCUT2D eigenvalue weighted by molar-refractivity contribution is -0.121. The standard InChI is InChI=1S/C20H24N2O4/c1-14(23)22-17-7-4-15(5-8-17)13-21-20(24)9-6-16-10-18(25-2)12-19(11-16)26-3/h4-5,7-8,10-12H,6,9,13H2,1-3H3,(H,21,24)(H,22,23). The monoisotopic (exact) mass is 356 g/mol. The third kappa shape index (κ3) is 6.12. The van der Waals surface area contributed by atoms with Crippen LogP contribution < -0.4 is 20.1 Å². The molecule has 0 saturated heterocycles. The van der Waals surface area contributed by atoms with Gasteiger partial charge in [-0.15, -0.1) is 0 Å². The molecule has 2 amide bonds. The Morgan fingerprint density at radius 1 is 0.923 bits per heavy atom. The Morgan fingerprint density at radius 2 is 1.54 bits per heavy atom. The molecule has 0 saturated carbocycles. The minimum absolute atomic E-state index is 0.0299. The minimum atomic E-state index is -0.111. The first-order valence-corrected chi connectivity index (χ1v) is 8.35. The molecule has 2 rings (SSSR count). The average molecular weight is 356 g/mol. The van der Waals surface area contributed by atoms with E-state index in [0.717, 1.165) is 16.8 Å². The second kappa shape index (κ2) is 9.46. The first-order chi connectivity index (χ1) is 12.5. The second-order valence-corrected chi connectivity index (χ2v) is 5.88. The van der Waals surface area contributed by atoms with Crippen LogP contribution in [0.3, 0.4) is 0 Å². The number of hydrogen-bond acceptors (Lipinski definition) is 4. The van der Waals surface area contributed by atoms with Gasteiger partial charge >= 0.3 is 0 Å². The van der Waals surface area contributed by atoms with Crippen molar-refractivity contribution in [3.05, 3.63) is 53.6 Å². The Morgan fingerprint density at radius 3 is 2.08 bits per heavy atom. The summed E-state index contributed by atoms with van der Waals surface area (Å²) in [5.74, 6) is 1.27. The average Bonchev–Trinajstić information content (AvgIpc) is 2.65. The number of amides is 2. The van der Waals surface area contributed by atoms with E-state index in [1.807, 2.05) is 36.4 Å². The number of methoxy groups -OCH3 is 2. The minimum Gasteiger partial charge on any atom is -0.497 e. The molecule has 0 bridgehead atoms. The smallest absolute Gasteiger partial charge is 0.221 e. The normalized spacial score (nSPS) is 10.1. The molecule has 0 heterocycles. The molecule has 2 N–H and O–H groups in total. The van der Waals surface area contributed by atoms with Crippen molar-refractivity contribution in [3.63, 3.8) is 0 Å². The summed E-state index contributed by atoms with van der Waals surface area (Å²) in [7, 11) is 3.20. The van der Waals surface area contributed by atoms with Crippen molar-refractivity contribution >= 4 is 17.5 Å². The molecule has 0 atom stereocenters. The van der Waals surface area contributed by atoms with Crippen LogP contribution in [0.15, 0.2) is 42.5 Å². The highest BCUT2D eigenvalue weighted by atomic mass is 16.5. The summed E-state index contributed by atoms with van der Waals surface area (Å²) in [4.78, 5) is 23.1. The number of nitrogens with one attached hydrogen (secondary N) is 2. The number of hydrogen-bond donors (Lipinski definition) is 2. The van der Waals surface area contributed by atoms with E-state index in [1.54, 1.807) is 20.3 Å². The Balaban J connectivity index is 1.83. The third-order valence-corrected chi connectivity index (χ3v) is 3.82. The largest absolute Gasteiger partial charge is 0.497 e. The summed E-state index contributed by atoms with van der Waals surface area (Å²) in [6.07, 6.45) is 0.973. The van der Waals surface area contributed by atoms with Gasteiger partial charge in [0.15, 0.2) is 0 Å². The van der Waals surface area contributed by atoms with Crippen LogP contribution in [-0.2, 0) is 22.6 Å². The van der Waals surface area contributed by atoms with E-state index >= 15 is 0 Å². The van der Waals surface area contributed by atoms with Gasteiger partial charge in [-0.2, -0.15) is 0 Å². The van der Waals surface area contributed by atoms with E-state index in [4.69, 9.17) is 9.47 Å². The fraction of sp³-hybridized carbons (Fsp3) is 0.300. The fourth-order valence-corrected chi connectivity index (χ4v) is 2.47. The van der Waals surface area contributed by atoms with Crippen LogP contribution in [0.4, 0.5) is 5.69 Å². The molecule has 0 fully saturated rings. The van der Waals surface area contributed by atoms with Crippen LogP contribution in [0.25, 0.3) is 0 Å². The van der Waals surface area contributed by atoms with Crippen molar-refractivity contribution in [2.24, 2.45) is 0 Å². The molecule has 2 aromatic rings. The number of ether oxygens (including phenoxy) is 2. The zero-order valence-corrected chi connectivity index (χ0v) is 15.3. The van der Waals surface area contributed by atoms with Crippen molar-refractivity contribution in [1.29, 1.82) is 0 Å². The van der Waals surface area contributed by atoms with E-state index in [2.05, 4.69) is 10.6 Å². The molecular weight excluding hydrogens is 332 g/mol. The van der Waals surface area contributed by atoms with Gasteiger partial charge in [0.1, 0.15) is 11.5 Å². The lowest BCUT2D eigenvalue weighted by atomic mass is 10.1. The van der Waals surface area contributed by atoms with Crippen molar-refractivity contribution in [3.8, 4) is 11.5 Å². The Bertz CT molecular complexity index is 735. The highest BCUT2D eigenvalue weighted by Gasteiger charge is 2.06. The molecular formula is C20H24N2O4. The first-order valence-electron chi connectivity index (χ1n) is 8.35. The zero-order valence-electron chi connectivity index (χ0n) is 15.3. The van der Waals surface area contributed by atoms with E-state index in [1.165, 1.54) is 6.92 Å². The molecule has 6 nitrogen and oxygen atoms in total. The summed E-state index contributed by atoms with van der Waals surface area (Å²) in [6, 6.07) is 13.0. The summed E-state index contributed by atoms with van der Waals surface area (Å²) in [5, 5.41) is 5.61. The molecule has 0 aliphatic rings. The van der Waals surface area contributed by atoms with Crippen LogP contribution >= 0.6 is 0 Å². The van der Waals surface area contributed by atoms with Gasteiger partial charge in [0.25, 0.3) is 0 Å². The van der Waals surface area contributed by atoms with Crippen molar-refractivity contribution in [2.45, 2.75) is 26.3 Å².